The van der Waals surface area contributed by atoms with Crippen molar-refractivity contribution in [1.29, 1.82) is 0 Å². The minimum Gasteiger partial charge on any atom is -0.366 e. The highest BCUT2D eigenvalue weighted by Crippen LogP contribution is 2.31. The van der Waals surface area contributed by atoms with E-state index < -0.39 is 18.1 Å². The van der Waals surface area contributed by atoms with E-state index in [0.29, 0.717) is 34.0 Å². The lowest BCUT2D eigenvalue weighted by Crippen LogP contribution is -2.33. The van der Waals surface area contributed by atoms with Gasteiger partial charge in [-0.3, -0.25) is 14.6 Å². The van der Waals surface area contributed by atoms with Crippen molar-refractivity contribution in [3.8, 4) is 22.4 Å². The number of rotatable bonds is 8. The second-order valence-electron chi connectivity index (χ2n) is 8.46. The number of pyridine rings is 1. The van der Waals surface area contributed by atoms with Gasteiger partial charge in [0, 0.05) is 53.2 Å². The van der Waals surface area contributed by atoms with E-state index in [1.807, 2.05) is 41.8 Å². The molecule has 188 valence electrons. The smallest absolute Gasteiger partial charge is 0.274 e. The van der Waals surface area contributed by atoms with Crippen LogP contribution in [0.25, 0.3) is 22.4 Å². The monoisotopic (exact) mass is 515 g/mol. The number of hydrogen-bond donors (Lipinski definition) is 3. The Morgan fingerprint density at radius 1 is 1.08 bits per heavy atom. The van der Waals surface area contributed by atoms with Gasteiger partial charge in [-0.25, -0.2) is 15.3 Å². The number of hydrogen-bond acceptors (Lipinski definition) is 8. The van der Waals surface area contributed by atoms with Crippen molar-refractivity contribution in [2.75, 3.05) is 11.9 Å². The summed E-state index contributed by atoms with van der Waals surface area (Å²) in [6.45, 7) is 0.605. The van der Waals surface area contributed by atoms with Crippen molar-refractivity contribution in [3.05, 3.63) is 83.5 Å². The van der Waals surface area contributed by atoms with Crippen LogP contribution in [0.3, 0.4) is 0 Å². The summed E-state index contributed by atoms with van der Waals surface area (Å²) in [7, 11) is 0. The van der Waals surface area contributed by atoms with E-state index in [0.717, 1.165) is 36.2 Å². The van der Waals surface area contributed by atoms with E-state index in [1.54, 1.807) is 30.6 Å². The molecule has 2 amide bonds. The van der Waals surface area contributed by atoms with Gasteiger partial charge in [0.05, 0.1) is 5.69 Å². The second kappa shape index (κ2) is 11.3. The molecule has 1 atom stereocenters. The van der Waals surface area contributed by atoms with Crippen molar-refractivity contribution < 1.29 is 19.2 Å². The summed E-state index contributed by atoms with van der Waals surface area (Å²) in [5.41, 5.74) is 12.5. The van der Waals surface area contributed by atoms with Gasteiger partial charge in [0.2, 0.25) is 5.91 Å². The van der Waals surface area contributed by atoms with Gasteiger partial charge in [-0.2, -0.15) is 0 Å². The molecule has 0 aliphatic carbocycles. The Labute approximate surface area is 217 Å². The van der Waals surface area contributed by atoms with Gasteiger partial charge in [-0.15, -0.1) is 11.3 Å². The van der Waals surface area contributed by atoms with Crippen molar-refractivity contribution in [2.45, 2.75) is 25.6 Å². The summed E-state index contributed by atoms with van der Waals surface area (Å²) in [5.74, 6) is -1.03. The maximum atomic E-state index is 12.7. The third-order valence-electron chi connectivity index (χ3n) is 5.85. The number of thiazole rings is 1. The van der Waals surface area contributed by atoms with Gasteiger partial charge < -0.3 is 15.8 Å². The highest BCUT2D eigenvalue weighted by atomic mass is 32.1. The summed E-state index contributed by atoms with van der Waals surface area (Å²) in [4.78, 5) is 39.1. The summed E-state index contributed by atoms with van der Waals surface area (Å²) in [5, 5.41) is 5.97. The average Bonchev–Trinajstić information content (AvgIpc) is 3.41. The number of benzene rings is 2. The van der Waals surface area contributed by atoms with Crippen LogP contribution in [-0.4, -0.2) is 34.7 Å². The summed E-state index contributed by atoms with van der Waals surface area (Å²) in [6, 6.07) is 16.0. The largest absolute Gasteiger partial charge is 0.366 e. The molecule has 37 heavy (non-hydrogen) atoms. The SMILES string of the molecule is NC(=O)c1ccc(C(=O)NOC2CCCCO2)cc1-c1cccc(Nc2nc(-c3cccnc3)cs2)c1. The van der Waals surface area contributed by atoms with Crippen LogP contribution in [0.1, 0.15) is 40.0 Å². The summed E-state index contributed by atoms with van der Waals surface area (Å²) >= 11 is 1.47. The molecule has 4 aromatic rings. The van der Waals surface area contributed by atoms with Gasteiger partial charge in [-0.05, 0) is 66.4 Å². The van der Waals surface area contributed by atoms with Crippen LogP contribution in [-0.2, 0) is 9.57 Å². The topological polar surface area (TPSA) is 128 Å². The molecule has 0 saturated carbocycles. The molecule has 1 saturated heterocycles. The van der Waals surface area contributed by atoms with Gasteiger partial charge in [0.1, 0.15) is 0 Å². The van der Waals surface area contributed by atoms with E-state index in [4.69, 9.17) is 15.3 Å². The van der Waals surface area contributed by atoms with Crippen LogP contribution in [0.15, 0.2) is 72.4 Å². The number of carbonyl (C=O) groups is 2. The number of carbonyl (C=O) groups excluding carboxylic acids is 2. The number of nitrogens with zero attached hydrogens (tertiary/aromatic N) is 2. The van der Waals surface area contributed by atoms with Crippen molar-refractivity contribution in [2.24, 2.45) is 5.73 Å². The maximum absolute atomic E-state index is 12.7. The first-order valence-electron chi connectivity index (χ1n) is 11.8. The van der Waals surface area contributed by atoms with E-state index in [1.165, 1.54) is 11.3 Å². The first-order valence-corrected chi connectivity index (χ1v) is 12.7. The second-order valence-corrected chi connectivity index (χ2v) is 9.31. The molecule has 0 bridgehead atoms. The zero-order valence-electron chi connectivity index (χ0n) is 19.8. The van der Waals surface area contributed by atoms with Crippen molar-refractivity contribution in [3.63, 3.8) is 0 Å². The van der Waals surface area contributed by atoms with Gasteiger partial charge in [0.25, 0.3) is 5.91 Å². The molecule has 2 aromatic carbocycles. The quantitative estimate of drug-likeness (QED) is 0.285. The zero-order valence-corrected chi connectivity index (χ0v) is 20.7. The van der Waals surface area contributed by atoms with Crippen LogP contribution in [0, 0.1) is 0 Å². The standard InChI is InChI=1S/C27H25N5O4S/c28-25(33)21-10-9-18(26(34)32-36-24-8-1-2-12-35-24)14-22(21)17-5-3-7-20(13-17)30-27-31-23(16-37-27)19-6-4-11-29-15-19/h3-7,9-11,13-16,24H,1-2,8,12H2,(H2,28,33)(H,30,31)(H,32,34). The Morgan fingerprint density at radius 3 is 2.76 bits per heavy atom. The predicted octanol–water partition coefficient (Wildman–Crippen LogP) is 4.90. The number of nitrogens with one attached hydrogen (secondary N) is 2. The number of amides is 2. The third-order valence-corrected chi connectivity index (χ3v) is 6.61. The predicted molar refractivity (Wildman–Crippen MR) is 141 cm³/mol. The highest BCUT2D eigenvalue weighted by Gasteiger charge is 2.18. The highest BCUT2D eigenvalue weighted by molar-refractivity contribution is 7.14. The van der Waals surface area contributed by atoms with Crippen molar-refractivity contribution in [1.82, 2.24) is 15.4 Å². The molecule has 4 N–H and O–H groups in total. The Balaban J connectivity index is 1.36. The molecule has 3 heterocycles. The summed E-state index contributed by atoms with van der Waals surface area (Å²) in [6.07, 6.45) is 5.70. The Morgan fingerprint density at radius 2 is 1.97 bits per heavy atom. The lowest BCUT2D eigenvalue weighted by Gasteiger charge is -2.22. The van der Waals surface area contributed by atoms with Crippen LogP contribution in [0.2, 0.25) is 0 Å². The number of ether oxygens (including phenoxy) is 1. The molecule has 10 heteroatoms. The van der Waals surface area contributed by atoms with Crippen LogP contribution >= 0.6 is 11.3 Å². The lowest BCUT2D eigenvalue weighted by molar-refractivity contribution is -0.186. The fourth-order valence-electron chi connectivity index (χ4n) is 3.99. The molecule has 1 aliphatic heterocycles. The Bertz CT molecular complexity index is 1400. The minimum atomic E-state index is -0.590. The molecular weight excluding hydrogens is 490 g/mol. The van der Waals surface area contributed by atoms with Gasteiger partial charge in [-0.1, -0.05) is 12.1 Å². The number of aromatic nitrogens is 2. The van der Waals surface area contributed by atoms with E-state index >= 15 is 0 Å². The fraction of sp³-hybridized carbons (Fsp3) is 0.185. The van der Waals surface area contributed by atoms with Crippen LogP contribution in [0.4, 0.5) is 10.8 Å². The number of anilines is 2. The van der Waals surface area contributed by atoms with E-state index in [9.17, 15) is 9.59 Å². The lowest BCUT2D eigenvalue weighted by atomic mass is 9.96. The molecule has 0 radical (unpaired) electrons. The van der Waals surface area contributed by atoms with Crippen molar-refractivity contribution >= 4 is 34.0 Å². The Hall–Kier alpha value is -4.12. The first-order chi connectivity index (χ1) is 18.1. The number of hydroxylamine groups is 1. The van der Waals surface area contributed by atoms with Gasteiger partial charge >= 0.3 is 0 Å². The zero-order chi connectivity index (χ0) is 25.6. The van der Waals surface area contributed by atoms with E-state index in [2.05, 4.69) is 20.8 Å². The molecule has 1 aliphatic rings. The maximum Gasteiger partial charge on any atom is 0.274 e. The molecular formula is C27H25N5O4S. The van der Waals surface area contributed by atoms with Crippen LogP contribution in [0.5, 0.6) is 0 Å². The minimum absolute atomic E-state index is 0.304. The molecule has 1 unspecified atom stereocenters. The number of nitrogens with two attached hydrogens (primary N) is 1. The van der Waals surface area contributed by atoms with Crippen LogP contribution < -0.4 is 16.5 Å². The number of primary amides is 1. The molecule has 0 spiro atoms. The third kappa shape index (κ3) is 6.00. The molecule has 5 rings (SSSR count). The molecule has 9 nitrogen and oxygen atoms in total. The molecule has 2 aromatic heterocycles. The normalized spacial score (nSPS) is 15.2. The Kier molecular flexibility index (Phi) is 7.50. The van der Waals surface area contributed by atoms with E-state index in [-0.39, 0.29) is 0 Å². The first kappa shape index (κ1) is 24.6. The van der Waals surface area contributed by atoms with Gasteiger partial charge in [0.15, 0.2) is 11.4 Å². The average molecular weight is 516 g/mol. The molecule has 1 fully saturated rings. The fourth-order valence-corrected chi connectivity index (χ4v) is 4.73. The summed E-state index contributed by atoms with van der Waals surface area (Å²) < 4.78 is 5.48.